The summed E-state index contributed by atoms with van der Waals surface area (Å²) < 4.78 is 44.9. The Balaban J connectivity index is 2.05. The molecule has 0 N–H and O–H groups in total. The molecule has 7 heteroatoms. The first-order valence-corrected chi connectivity index (χ1v) is 8.88. The van der Waals surface area contributed by atoms with Crippen molar-refractivity contribution in [3.05, 3.63) is 0 Å². The van der Waals surface area contributed by atoms with E-state index in [0.29, 0.717) is 12.8 Å². The average molecular weight is 266 g/mol. The number of hydrogen-bond donors (Lipinski definition) is 0. The summed E-state index contributed by atoms with van der Waals surface area (Å²) in [5.74, 6) is -1.18. The number of sulfone groups is 2. The molecule has 2 atom stereocenters. The molecule has 2 aliphatic rings. The molecule has 2 aliphatic heterocycles. The Morgan fingerprint density at radius 1 is 0.812 bits per heavy atom. The molecule has 0 aliphatic carbocycles. The van der Waals surface area contributed by atoms with Gasteiger partial charge < -0.3 is 0 Å². The van der Waals surface area contributed by atoms with Gasteiger partial charge in [-0.3, -0.25) is 4.79 Å². The van der Waals surface area contributed by atoms with Crippen LogP contribution in [0, 0.1) is 11.8 Å². The SMILES string of the molecule is O=C(C1CCS(=O)(=O)C1)C1CCS(=O)(=O)C1. The van der Waals surface area contributed by atoms with Gasteiger partial charge in [-0.1, -0.05) is 0 Å². The van der Waals surface area contributed by atoms with Crippen molar-refractivity contribution in [3.63, 3.8) is 0 Å². The molecule has 0 radical (unpaired) electrons. The van der Waals surface area contributed by atoms with Crippen molar-refractivity contribution in [2.45, 2.75) is 12.8 Å². The van der Waals surface area contributed by atoms with Gasteiger partial charge in [0.05, 0.1) is 23.0 Å². The lowest BCUT2D eigenvalue weighted by atomic mass is 9.92. The van der Waals surface area contributed by atoms with Crippen molar-refractivity contribution in [3.8, 4) is 0 Å². The van der Waals surface area contributed by atoms with Crippen LogP contribution in [-0.4, -0.2) is 45.6 Å². The van der Waals surface area contributed by atoms with Crippen molar-refractivity contribution in [2.75, 3.05) is 23.0 Å². The Labute approximate surface area is 95.1 Å². The highest BCUT2D eigenvalue weighted by Crippen LogP contribution is 2.27. The first kappa shape index (κ1) is 12.0. The number of ketones is 1. The minimum atomic E-state index is -3.07. The molecular formula is C9H14O5S2. The summed E-state index contributed by atoms with van der Waals surface area (Å²) >= 11 is 0. The zero-order valence-corrected chi connectivity index (χ0v) is 10.4. The largest absolute Gasteiger partial charge is 0.299 e. The second-order valence-electron chi connectivity index (χ2n) is 4.60. The van der Waals surface area contributed by atoms with Gasteiger partial charge in [-0.15, -0.1) is 0 Å². The molecular weight excluding hydrogens is 252 g/mol. The molecule has 0 aromatic heterocycles. The fourth-order valence-electron chi connectivity index (χ4n) is 2.37. The summed E-state index contributed by atoms with van der Waals surface area (Å²) in [6.07, 6.45) is 0.718. The van der Waals surface area contributed by atoms with Gasteiger partial charge in [-0.05, 0) is 12.8 Å². The Hall–Kier alpha value is -0.430. The van der Waals surface area contributed by atoms with E-state index in [4.69, 9.17) is 0 Å². The van der Waals surface area contributed by atoms with Gasteiger partial charge in [0.15, 0.2) is 19.7 Å². The molecule has 2 saturated heterocycles. The van der Waals surface area contributed by atoms with E-state index in [-0.39, 0.29) is 28.8 Å². The molecule has 2 fully saturated rings. The van der Waals surface area contributed by atoms with E-state index in [1.54, 1.807) is 0 Å². The fourth-order valence-corrected chi connectivity index (χ4v) is 5.88. The van der Waals surface area contributed by atoms with Crippen LogP contribution in [0.25, 0.3) is 0 Å². The monoisotopic (exact) mass is 266 g/mol. The van der Waals surface area contributed by atoms with Crippen LogP contribution in [0.15, 0.2) is 0 Å². The smallest absolute Gasteiger partial charge is 0.151 e. The molecule has 2 heterocycles. The third-order valence-corrected chi connectivity index (χ3v) is 6.81. The highest BCUT2D eigenvalue weighted by Gasteiger charge is 2.40. The Morgan fingerprint density at radius 3 is 1.44 bits per heavy atom. The number of rotatable bonds is 2. The molecule has 0 amide bonds. The van der Waals surface area contributed by atoms with Gasteiger partial charge in [-0.2, -0.15) is 0 Å². The van der Waals surface area contributed by atoms with E-state index in [2.05, 4.69) is 0 Å². The summed E-state index contributed by atoms with van der Waals surface area (Å²) in [7, 11) is -6.14. The number of hydrogen-bond acceptors (Lipinski definition) is 5. The summed E-state index contributed by atoms with van der Waals surface area (Å²) in [4.78, 5) is 11.9. The van der Waals surface area contributed by atoms with Gasteiger partial charge in [0, 0.05) is 11.8 Å². The van der Waals surface area contributed by atoms with Gasteiger partial charge in [-0.25, -0.2) is 16.8 Å². The Kier molecular flexibility index (Phi) is 2.86. The first-order valence-electron chi connectivity index (χ1n) is 5.24. The lowest BCUT2D eigenvalue weighted by Gasteiger charge is -2.11. The van der Waals surface area contributed by atoms with Crippen molar-refractivity contribution < 1.29 is 21.6 Å². The van der Waals surface area contributed by atoms with Crippen molar-refractivity contribution >= 4 is 25.5 Å². The summed E-state index contributed by atoms with van der Waals surface area (Å²) in [5, 5.41) is 0. The Morgan fingerprint density at radius 2 is 1.19 bits per heavy atom. The molecule has 92 valence electrons. The topological polar surface area (TPSA) is 85.3 Å². The normalized spacial score (nSPS) is 36.2. The van der Waals surface area contributed by atoms with Gasteiger partial charge >= 0.3 is 0 Å². The highest BCUT2D eigenvalue weighted by molar-refractivity contribution is 7.92. The Bertz CT molecular complexity index is 456. The average Bonchev–Trinajstić information content (AvgIpc) is 2.68. The van der Waals surface area contributed by atoms with Crippen LogP contribution in [0.4, 0.5) is 0 Å². The van der Waals surface area contributed by atoms with Crippen LogP contribution >= 0.6 is 0 Å². The number of carbonyl (C=O) groups excluding carboxylic acids is 1. The predicted molar refractivity (Wildman–Crippen MR) is 58.5 cm³/mol. The molecule has 0 aromatic rings. The minimum Gasteiger partial charge on any atom is -0.299 e. The van der Waals surface area contributed by atoms with E-state index in [0.717, 1.165) is 0 Å². The zero-order chi connectivity index (χ0) is 12.0. The summed E-state index contributed by atoms with van der Waals surface area (Å²) in [6.45, 7) is 0. The van der Waals surface area contributed by atoms with Crippen molar-refractivity contribution in [2.24, 2.45) is 11.8 Å². The van der Waals surface area contributed by atoms with Crippen molar-refractivity contribution in [1.29, 1.82) is 0 Å². The molecule has 0 aromatic carbocycles. The molecule has 0 spiro atoms. The third-order valence-electron chi connectivity index (χ3n) is 3.27. The van der Waals surface area contributed by atoms with E-state index in [9.17, 15) is 21.6 Å². The van der Waals surface area contributed by atoms with Crippen LogP contribution in [-0.2, 0) is 24.5 Å². The maximum atomic E-state index is 11.9. The van der Waals surface area contributed by atoms with Gasteiger partial charge in [0.1, 0.15) is 5.78 Å². The van der Waals surface area contributed by atoms with Crippen molar-refractivity contribution in [1.82, 2.24) is 0 Å². The molecule has 16 heavy (non-hydrogen) atoms. The van der Waals surface area contributed by atoms with Gasteiger partial charge in [0.25, 0.3) is 0 Å². The second-order valence-corrected chi connectivity index (χ2v) is 9.06. The third kappa shape index (κ3) is 2.45. The fraction of sp³-hybridized carbons (Fsp3) is 0.889. The van der Waals surface area contributed by atoms with Crippen LogP contribution in [0.5, 0.6) is 0 Å². The highest BCUT2D eigenvalue weighted by atomic mass is 32.2. The van der Waals surface area contributed by atoms with E-state index >= 15 is 0 Å². The van der Waals surface area contributed by atoms with Crippen LogP contribution in [0.3, 0.4) is 0 Å². The quantitative estimate of drug-likeness (QED) is 0.668. The standard InChI is InChI=1S/C9H14O5S2/c10-9(7-1-3-15(11,12)5-7)8-2-4-16(13,14)6-8/h7-8H,1-6H2. The number of Topliss-reactive ketones (excluding diaryl/α,β-unsaturated/α-hetero) is 1. The predicted octanol–water partition coefficient (Wildman–Crippen LogP) is -0.575. The van der Waals surface area contributed by atoms with Crippen LogP contribution in [0.2, 0.25) is 0 Å². The van der Waals surface area contributed by atoms with Gasteiger partial charge in [0.2, 0.25) is 0 Å². The summed E-state index contributed by atoms with van der Waals surface area (Å²) in [6, 6.07) is 0. The first-order chi connectivity index (χ1) is 7.29. The van der Waals surface area contributed by atoms with Crippen LogP contribution in [0.1, 0.15) is 12.8 Å². The zero-order valence-electron chi connectivity index (χ0n) is 8.76. The maximum Gasteiger partial charge on any atom is 0.151 e. The second kappa shape index (κ2) is 3.80. The van der Waals surface area contributed by atoms with Crippen LogP contribution < -0.4 is 0 Å². The minimum absolute atomic E-state index is 0.0584. The summed E-state index contributed by atoms with van der Waals surface area (Å²) in [5.41, 5.74) is 0. The molecule has 5 nitrogen and oxygen atoms in total. The molecule has 0 saturated carbocycles. The van der Waals surface area contributed by atoms with E-state index < -0.39 is 31.5 Å². The number of carbonyl (C=O) groups is 1. The molecule has 2 rings (SSSR count). The maximum absolute atomic E-state index is 11.9. The molecule has 0 bridgehead atoms. The lowest BCUT2D eigenvalue weighted by Crippen LogP contribution is -2.25. The van der Waals surface area contributed by atoms with E-state index in [1.165, 1.54) is 0 Å². The molecule has 2 unspecified atom stereocenters. The lowest BCUT2D eigenvalue weighted by molar-refractivity contribution is -0.125. The van der Waals surface area contributed by atoms with E-state index in [1.807, 2.05) is 0 Å².